The molecule has 0 radical (unpaired) electrons. The molecule has 0 aliphatic rings. The first-order valence-corrected chi connectivity index (χ1v) is 18.6. The molecule has 0 bridgehead atoms. The van der Waals surface area contributed by atoms with E-state index in [0.717, 1.165) is 17.7 Å². The highest BCUT2D eigenvalue weighted by atomic mass is 32.2. The van der Waals surface area contributed by atoms with Crippen LogP contribution in [0, 0.1) is 11.6 Å². The summed E-state index contributed by atoms with van der Waals surface area (Å²) in [5.74, 6) is -3.31. The van der Waals surface area contributed by atoms with E-state index in [0.29, 0.717) is 37.3 Å². The van der Waals surface area contributed by atoms with Crippen LogP contribution in [-0.2, 0) is 37.1 Å². The van der Waals surface area contributed by atoms with Crippen LogP contribution < -0.4 is 16.0 Å². The highest BCUT2D eigenvalue weighted by molar-refractivity contribution is 7.92. The molecular formula is C37H49F2N3O7S. The molecule has 1 unspecified atom stereocenters. The van der Waals surface area contributed by atoms with Gasteiger partial charge in [0, 0.05) is 19.7 Å². The number of aliphatic hydroxyl groups is 1. The van der Waals surface area contributed by atoms with Crippen LogP contribution in [0.1, 0.15) is 62.3 Å². The van der Waals surface area contributed by atoms with E-state index in [1.165, 1.54) is 7.11 Å². The van der Waals surface area contributed by atoms with Crippen molar-refractivity contribution in [1.29, 1.82) is 0 Å². The lowest BCUT2D eigenvalue weighted by Gasteiger charge is -2.29. The highest BCUT2D eigenvalue weighted by Gasteiger charge is 2.34. The highest BCUT2D eigenvalue weighted by Crippen LogP contribution is 2.19. The Kier molecular flexibility index (Phi) is 16.8. The van der Waals surface area contributed by atoms with Crippen LogP contribution in [0.2, 0.25) is 0 Å². The molecule has 2 amide bonds. The average Bonchev–Trinajstić information content (AvgIpc) is 3.08. The monoisotopic (exact) mass is 717 g/mol. The van der Waals surface area contributed by atoms with Gasteiger partial charge in [0.1, 0.15) is 24.3 Å². The minimum Gasteiger partial charge on any atom is -0.445 e. The Morgan fingerprint density at radius 1 is 0.860 bits per heavy atom. The van der Waals surface area contributed by atoms with Gasteiger partial charge in [-0.3, -0.25) is 4.79 Å². The molecule has 50 heavy (non-hydrogen) atoms. The number of methoxy groups -OCH3 is 1. The van der Waals surface area contributed by atoms with E-state index in [4.69, 9.17) is 9.47 Å². The Hall–Kier alpha value is -3.91. The van der Waals surface area contributed by atoms with Crippen molar-refractivity contribution in [2.75, 3.05) is 26.0 Å². The number of sulfone groups is 1. The largest absolute Gasteiger partial charge is 0.445 e. The smallest absolute Gasteiger partial charge is 0.408 e. The van der Waals surface area contributed by atoms with Gasteiger partial charge in [-0.25, -0.2) is 22.0 Å². The first-order valence-electron chi connectivity index (χ1n) is 16.8. The zero-order chi connectivity index (χ0) is 36.5. The van der Waals surface area contributed by atoms with E-state index < -0.39 is 62.7 Å². The number of aliphatic hydroxyl groups excluding tert-OH is 1. The van der Waals surface area contributed by atoms with Gasteiger partial charge >= 0.3 is 6.09 Å². The summed E-state index contributed by atoms with van der Waals surface area (Å²) in [5, 5.41) is 19.0. The third-order valence-electron chi connectivity index (χ3n) is 8.23. The number of amides is 2. The summed E-state index contributed by atoms with van der Waals surface area (Å²) in [5.41, 5.74) is 1.71. The van der Waals surface area contributed by atoms with Crippen LogP contribution in [0.3, 0.4) is 0 Å². The van der Waals surface area contributed by atoms with Crippen molar-refractivity contribution in [1.82, 2.24) is 16.0 Å². The van der Waals surface area contributed by atoms with Gasteiger partial charge in [0.05, 0.1) is 35.8 Å². The normalized spacial score (nSPS) is 14.1. The Balaban J connectivity index is 1.88. The molecule has 0 saturated heterocycles. The minimum atomic E-state index is -3.91. The predicted molar refractivity (Wildman–Crippen MR) is 188 cm³/mol. The van der Waals surface area contributed by atoms with Gasteiger partial charge in [-0.15, -0.1) is 0 Å². The zero-order valence-electron chi connectivity index (χ0n) is 28.8. The van der Waals surface area contributed by atoms with E-state index in [1.54, 1.807) is 30.3 Å². The number of ether oxygens (including phenoxy) is 2. The van der Waals surface area contributed by atoms with Crippen molar-refractivity contribution in [3.8, 4) is 0 Å². The van der Waals surface area contributed by atoms with E-state index in [1.807, 2.05) is 44.2 Å². The number of benzene rings is 3. The third kappa shape index (κ3) is 13.4. The van der Waals surface area contributed by atoms with Gasteiger partial charge < -0.3 is 30.5 Å². The van der Waals surface area contributed by atoms with Gasteiger partial charge in [0.15, 0.2) is 9.84 Å². The second kappa shape index (κ2) is 20.7. The summed E-state index contributed by atoms with van der Waals surface area (Å²) >= 11 is 0. The molecule has 0 aromatic heterocycles. The lowest BCUT2D eigenvalue weighted by Crippen LogP contribution is -2.57. The lowest BCUT2D eigenvalue weighted by atomic mass is 9.99. The first kappa shape index (κ1) is 40.5. The fraction of sp³-hybridized carbons (Fsp3) is 0.459. The molecule has 3 aromatic carbocycles. The minimum absolute atomic E-state index is 0.0871. The van der Waals surface area contributed by atoms with Crippen molar-refractivity contribution in [2.24, 2.45) is 0 Å². The van der Waals surface area contributed by atoms with Crippen molar-refractivity contribution < 1.29 is 41.4 Å². The summed E-state index contributed by atoms with van der Waals surface area (Å²) in [6.45, 7) is 3.78. The maximum Gasteiger partial charge on any atom is 0.408 e. The zero-order valence-corrected chi connectivity index (χ0v) is 29.6. The van der Waals surface area contributed by atoms with Crippen molar-refractivity contribution >= 4 is 21.8 Å². The van der Waals surface area contributed by atoms with Gasteiger partial charge in [0.2, 0.25) is 5.91 Å². The van der Waals surface area contributed by atoms with Crippen LogP contribution in [0.25, 0.3) is 0 Å². The van der Waals surface area contributed by atoms with E-state index in [2.05, 4.69) is 16.0 Å². The van der Waals surface area contributed by atoms with Gasteiger partial charge in [-0.2, -0.15) is 0 Å². The molecule has 0 spiro atoms. The van der Waals surface area contributed by atoms with Crippen molar-refractivity contribution in [2.45, 2.75) is 82.0 Å². The Bertz CT molecular complexity index is 1560. The van der Waals surface area contributed by atoms with Gasteiger partial charge in [0.25, 0.3) is 0 Å². The standard InChI is InChI=1S/C37H49F2N3O7S/c1-4-12-31(13-5-2)50(46,47)25-34(42-37(45)49-23-26-14-8-6-9-15-26)36(44)41-32(20-27-18-29(38)21-30(39)19-27)35(43)22-40-33(24-48-3)28-16-10-7-11-17-28/h6-11,14-19,21,31-35,40,43H,4-5,12-13,20,22-25H2,1-3H3,(H,41,44)(H,42,45)/t32-,33?,34+,35+/m0/s1. The van der Waals surface area contributed by atoms with Crippen LogP contribution in [0.4, 0.5) is 13.6 Å². The third-order valence-corrected chi connectivity index (χ3v) is 10.5. The summed E-state index contributed by atoms with van der Waals surface area (Å²) < 4.78 is 66.2. The molecule has 3 aromatic rings. The molecule has 10 nitrogen and oxygen atoms in total. The number of hydrogen-bond donors (Lipinski definition) is 4. The molecule has 0 aliphatic heterocycles. The van der Waals surface area contributed by atoms with Crippen LogP contribution in [-0.4, -0.2) is 75.0 Å². The van der Waals surface area contributed by atoms with E-state index in [-0.39, 0.29) is 37.8 Å². The average molecular weight is 718 g/mol. The Morgan fingerprint density at radius 2 is 1.46 bits per heavy atom. The van der Waals surface area contributed by atoms with Gasteiger partial charge in [-0.1, -0.05) is 87.4 Å². The second-order valence-electron chi connectivity index (χ2n) is 12.3. The fourth-order valence-electron chi connectivity index (χ4n) is 5.69. The molecule has 4 N–H and O–H groups in total. The molecule has 0 aliphatic carbocycles. The molecule has 13 heteroatoms. The van der Waals surface area contributed by atoms with Crippen molar-refractivity contribution in [3.05, 3.63) is 107 Å². The molecule has 4 atom stereocenters. The topological polar surface area (TPSA) is 143 Å². The Labute approximate surface area is 293 Å². The maximum atomic E-state index is 14.2. The van der Waals surface area contributed by atoms with Crippen molar-refractivity contribution in [3.63, 3.8) is 0 Å². The van der Waals surface area contributed by atoms with E-state index in [9.17, 15) is 31.9 Å². The first-order chi connectivity index (χ1) is 23.9. The fourth-order valence-corrected chi connectivity index (χ4v) is 7.85. The van der Waals surface area contributed by atoms with Crippen LogP contribution in [0.5, 0.6) is 0 Å². The number of halogens is 2. The number of rotatable bonds is 21. The number of nitrogens with one attached hydrogen (secondary N) is 3. The summed E-state index contributed by atoms with van der Waals surface area (Å²) in [7, 11) is -2.37. The molecule has 0 fully saturated rings. The molecular weight excluding hydrogens is 668 g/mol. The number of hydrogen-bond acceptors (Lipinski definition) is 8. The van der Waals surface area contributed by atoms with Crippen LogP contribution in [0.15, 0.2) is 78.9 Å². The SMILES string of the molecule is CCCC(CCC)S(=O)(=O)C[C@@H](NC(=O)OCc1ccccc1)C(=O)N[C@@H](Cc1cc(F)cc(F)c1)[C@H](O)CNC(COC)c1ccccc1. The summed E-state index contributed by atoms with van der Waals surface area (Å²) in [4.78, 5) is 26.9. The summed E-state index contributed by atoms with van der Waals surface area (Å²) in [6, 6.07) is 17.9. The molecule has 3 rings (SSSR count). The summed E-state index contributed by atoms with van der Waals surface area (Å²) in [6.07, 6.45) is -0.587. The molecule has 0 heterocycles. The molecule has 0 saturated carbocycles. The lowest BCUT2D eigenvalue weighted by molar-refractivity contribution is -0.124. The maximum absolute atomic E-state index is 14.2. The number of carbonyl (C=O) groups excluding carboxylic acids is 2. The van der Waals surface area contributed by atoms with E-state index >= 15 is 0 Å². The number of alkyl carbamates (subject to hydrolysis) is 1. The quantitative estimate of drug-likeness (QED) is 0.121. The van der Waals surface area contributed by atoms with Crippen LogP contribution >= 0.6 is 0 Å². The van der Waals surface area contributed by atoms with Gasteiger partial charge in [-0.05, 0) is 48.1 Å². The molecule has 274 valence electrons. The number of carbonyl (C=O) groups is 2. The second-order valence-corrected chi connectivity index (χ2v) is 14.6. The predicted octanol–water partition coefficient (Wildman–Crippen LogP) is 5.01. The Morgan fingerprint density at radius 3 is 2.04 bits per heavy atom.